The molecule has 0 aromatic heterocycles. The van der Waals surface area contributed by atoms with Crippen LogP contribution < -0.4 is 5.73 Å². The first kappa shape index (κ1) is 16.1. The van der Waals surface area contributed by atoms with Crippen molar-refractivity contribution in [1.82, 2.24) is 5.01 Å². The van der Waals surface area contributed by atoms with Gasteiger partial charge in [-0.25, -0.2) is 0 Å². The largest absolute Gasteiger partial charge is 0.368 e. The molecular weight excluding hydrogens is 303 g/mol. The molecular formula is C11H12Cl2N6O. The van der Waals surface area contributed by atoms with Gasteiger partial charge in [-0.15, -0.1) is 12.4 Å². The lowest BCUT2D eigenvalue weighted by Crippen LogP contribution is -2.38. The normalized spacial score (nSPS) is 18.1. The molecule has 106 valence electrons. The van der Waals surface area contributed by atoms with Crippen LogP contribution in [0.4, 0.5) is 5.69 Å². The number of benzene rings is 1. The van der Waals surface area contributed by atoms with Crippen molar-refractivity contribution in [3.63, 3.8) is 0 Å². The highest BCUT2D eigenvalue weighted by Crippen LogP contribution is 2.20. The van der Waals surface area contributed by atoms with Gasteiger partial charge in [0.1, 0.15) is 0 Å². The van der Waals surface area contributed by atoms with Crippen LogP contribution in [0.1, 0.15) is 6.92 Å². The van der Waals surface area contributed by atoms with E-state index in [-0.39, 0.29) is 12.4 Å². The summed E-state index contributed by atoms with van der Waals surface area (Å²) in [6.45, 7) is 1.63. The first-order valence-electron chi connectivity index (χ1n) is 5.38. The van der Waals surface area contributed by atoms with Crippen molar-refractivity contribution in [3.8, 4) is 0 Å². The van der Waals surface area contributed by atoms with Gasteiger partial charge in [0.25, 0.3) is 5.91 Å². The Kier molecular flexibility index (Phi) is 5.18. The third-order valence-corrected chi connectivity index (χ3v) is 2.66. The molecule has 1 unspecified atom stereocenters. The fraction of sp³-hybridized carbons (Fsp3) is 0.182. The second kappa shape index (κ2) is 6.44. The van der Waals surface area contributed by atoms with E-state index in [2.05, 4.69) is 15.3 Å². The Bertz CT molecular complexity index is 600. The van der Waals surface area contributed by atoms with Crippen LogP contribution >= 0.6 is 24.0 Å². The monoisotopic (exact) mass is 314 g/mol. The summed E-state index contributed by atoms with van der Waals surface area (Å²) < 4.78 is 0. The van der Waals surface area contributed by atoms with E-state index in [1.807, 2.05) is 0 Å². The maximum Gasteiger partial charge on any atom is 0.282 e. The van der Waals surface area contributed by atoms with Crippen LogP contribution in [0.3, 0.4) is 0 Å². The Hall–Kier alpha value is -1.99. The molecule has 1 amide bonds. The van der Waals surface area contributed by atoms with Crippen LogP contribution in [0.25, 0.3) is 0 Å². The Labute approximate surface area is 126 Å². The number of carbonyl (C=O) groups excluding carboxylic acids is 1. The number of nitrogens with zero attached hydrogens (tertiary/aromatic N) is 4. The highest BCUT2D eigenvalue weighted by molar-refractivity contribution is 6.30. The summed E-state index contributed by atoms with van der Waals surface area (Å²) in [5.41, 5.74) is 6.20. The molecule has 20 heavy (non-hydrogen) atoms. The summed E-state index contributed by atoms with van der Waals surface area (Å²) >= 11 is 5.82. The fourth-order valence-corrected chi connectivity index (χ4v) is 1.71. The van der Waals surface area contributed by atoms with Crippen molar-refractivity contribution in [2.75, 3.05) is 0 Å². The summed E-state index contributed by atoms with van der Waals surface area (Å²) in [6, 6.07) is 5.94. The first-order valence-corrected chi connectivity index (χ1v) is 5.76. The zero-order valence-corrected chi connectivity index (χ0v) is 12.0. The van der Waals surface area contributed by atoms with Crippen molar-refractivity contribution >= 4 is 47.3 Å². The van der Waals surface area contributed by atoms with Crippen molar-refractivity contribution in [2.24, 2.45) is 21.1 Å². The SMILES string of the molecule is CC1=NN(C(=N)N)C(=O)C1N=Nc1cccc(Cl)c1.Cl. The van der Waals surface area contributed by atoms with E-state index >= 15 is 0 Å². The molecule has 0 spiro atoms. The van der Waals surface area contributed by atoms with Crippen molar-refractivity contribution in [1.29, 1.82) is 5.41 Å². The lowest BCUT2D eigenvalue weighted by Gasteiger charge is -2.08. The van der Waals surface area contributed by atoms with Crippen molar-refractivity contribution in [3.05, 3.63) is 29.3 Å². The van der Waals surface area contributed by atoms with Crippen LogP contribution in [0.15, 0.2) is 39.6 Å². The van der Waals surface area contributed by atoms with Crippen molar-refractivity contribution in [2.45, 2.75) is 13.0 Å². The molecule has 1 aromatic rings. The van der Waals surface area contributed by atoms with E-state index in [0.29, 0.717) is 16.4 Å². The third kappa shape index (κ3) is 3.31. The average Bonchev–Trinajstić information content (AvgIpc) is 2.63. The fourth-order valence-electron chi connectivity index (χ4n) is 1.52. The van der Waals surface area contributed by atoms with Crippen molar-refractivity contribution < 1.29 is 4.79 Å². The van der Waals surface area contributed by atoms with E-state index in [1.54, 1.807) is 31.2 Å². The number of amides is 1. The number of hydrazone groups is 1. The Balaban J connectivity index is 0.00000200. The molecule has 2 rings (SSSR count). The van der Waals surface area contributed by atoms with E-state index in [9.17, 15) is 4.79 Å². The summed E-state index contributed by atoms with van der Waals surface area (Å²) in [5.74, 6) is -0.930. The molecule has 1 aliphatic heterocycles. The predicted octanol–water partition coefficient (Wildman–Crippen LogP) is 2.33. The molecule has 3 N–H and O–H groups in total. The van der Waals surface area contributed by atoms with Crippen LogP contribution in [-0.4, -0.2) is 28.6 Å². The van der Waals surface area contributed by atoms with Crippen LogP contribution in [0.5, 0.6) is 0 Å². The summed E-state index contributed by atoms with van der Waals surface area (Å²) in [7, 11) is 0. The van der Waals surface area contributed by atoms with E-state index < -0.39 is 17.9 Å². The number of hydrogen-bond acceptors (Lipinski definition) is 5. The number of halogens is 2. The van der Waals surface area contributed by atoms with Gasteiger partial charge in [0.2, 0.25) is 5.96 Å². The van der Waals surface area contributed by atoms with Crippen LogP contribution in [-0.2, 0) is 4.79 Å². The number of carbonyl (C=O) groups is 1. The second-order valence-electron chi connectivity index (χ2n) is 3.87. The molecule has 0 aliphatic carbocycles. The molecule has 0 saturated carbocycles. The van der Waals surface area contributed by atoms with Gasteiger partial charge in [-0.3, -0.25) is 10.2 Å². The van der Waals surface area contributed by atoms with Gasteiger partial charge in [-0.05, 0) is 25.1 Å². The quantitative estimate of drug-likeness (QED) is 0.496. The first-order chi connectivity index (χ1) is 8.99. The Morgan fingerprint density at radius 1 is 1.55 bits per heavy atom. The lowest BCUT2D eigenvalue weighted by atomic mass is 10.2. The van der Waals surface area contributed by atoms with Crippen LogP contribution in [0, 0.1) is 5.41 Å². The standard InChI is InChI=1S/C11H11ClN6O.ClH/c1-6-9(10(19)18(17-6)11(13)14)16-15-8-4-2-3-7(12)5-8;/h2-5,9H,1H3,(H3,13,14);1H. The average molecular weight is 315 g/mol. The molecule has 0 fully saturated rings. The lowest BCUT2D eigenvalue weighted by molar-refractivity contribution is -0.126. The number of azo groups is 1. The number of rotatable bonds is 2. The van der Waals surface area contributed by atoms with Gasteiger partial charge in [-0.2, -0.15) is 20.3 Å². The molecule has 0 saturated heterocycles. The molecule has 0 bridgehead atoms. The molecule has 9 heteroatoms. The smallest absolute Gasteiger partial charge is 0.282 e. The van der Waals surface area contributed by atoms with E-state index in [0.717, 1.165) is 5.01 Å². The summed E-state index contributed by atoms with van der Waals surface area (Å²) in [4.78, 5) is 11.9. The number of guanidine groups is 1. The Morgan fingerprint density at radius 3 is 2.80 bits per heavy atom. The summed E-state index contributed by atoms with van der Waals surface area (Å²) in [6.07, 6.45) is 0. The van der Waals surface area contributed by atoms with Gasteiger partial charge in [0.15, 0.2) is 6.04 Å². The molecule has 1 heterocycles. The van der Waals surface area contributed by atoms with E-state index in [4.69, 9.17) is 22.7 Å². The predicted molar refractivity (Wildman–Crippen MR) is 78.9 cm³/mol. The minimum atomic E-state index is -0.845. The topological polar surface area (TPSA) is 107 Å². The minimum absolute atomic E-state index is 0. The van der Waals surface area contributed by atoms with Crippen LogP contribution in [0.2, 0.25) is 5.02 Å². The maximum absolute atomic E-state index is 11.9. The molecule has 0 radical (unpaired) electrons. The zero-order valence-electron chi connectivity index (χ0n) is 10.4. The molecule has 1 aromatic carbocycles. The zero-order chi connectivity index (χ0) is 14.0. The third-order valence-electron chi connectivity index (χ3n) is 2.42. The number of nitrogens with one attached hydrogen (secondary N) is 1. The second-order valence-corrected chi connectivity index (χ2v) is 4.31. The Morgan fingerprint density at radius 2 is 2.25 bits per heavy atom. The van der Waals surface area contributed by atoms with Gasteiger partial charge < -0.3 is 5.73 Å². The highest BCUT2D eigenvalue weighted by Gasteiger charge is 2.35. The highest BCUT2D eigenvalue weighted by atomic mass is 35.5. The van der Waals surface area contributed by atoms with Gasteiger partial charge in [-0.1, -0.05) is 17.7 Å². The number of nitrogens with two attached hydrogens (primary N) is 1. The molecule has 1 aliphatic rings. The summed E-state index contributed by atoms with van der Waals surface area (Å²) in [5, 5.41) is 20.3. The maximum atomic E-state index is 11.9. The van der Waals surface area contributed by atoms with Gasteiger partial charge in [0, 0.05) is 5.02 Å². The number of hydrogen-bond donors (Lipinski definition) is 2. The molecule has 7 nitrogen and oxygen atoms in total. The van der Waals surface area contributed by atoms with E-state index in [1.165, 1.54) is 0 Å². The van der Waals surface area contributed by atoms with Gasteiger partial charge in [0.05, 0.1) is 11.4 Å². The molecule has 1 atom stereocenters. The minimum Gasteiger partial charge on any atom is -0.368 e. The van der Waals surface area contributed by atoms with Gasteiger partial charge >= 0.3 is 0 Å².